The van der Waals surface area contributed by atoms with Crippen LogP contribution in [0.2, 0.25) is 0 Å². The lowest BCUT2D eigenvalue weighted by atomic mass is 10.0. The monoisotopic (exact) mass is 576 g/mol. The van der Waals surface area contributed by atoms with Crippen LogP contribution in [-0.4, -0.2) is 96.8 Å². The normalized spacial score (nSPS) is 17.5. The number of halogens is 3. The van der Waals surface area contributed by atoms with Gasteiger partial charge in [0.05, 0.1) is 37.6 Å². The molecule has 2 heterocycles. The number of nitrogens with one attached hydrogen (secondary N) is 1. The Labute approximate surface area is 224 Å². The number of carbonyl (C=O) groups excluding carboxylic acids is 5. The van der Waals surface area contributed by atoms with E-state index in [1.54, 1.807) is 0 Å². The van der Waals surface area contributed by atoms with Crippen molar-refractivity contribution in [1.29, 1.82) is 0 Å². The Morgan fingerprint density at radius 1 is 1.07 bits per heavy atom. The molecule has 2 atom stereocenters. The Morgan fingerprint density at radius 2 is 1.70 bits per heavy atom. The highest BCUT2D eigenvalue weighted by Gasteiger charge is 2.46. The summed E-state index contributed by atoms with van der Waals surface area (Å²) in [6.07, 6.45) is -6.06. The first kappa shape index (κ1) is 32.1. The number of primary amides is 1. The van der Waals surface area contributed by atoms with Crippen LogP contribution in [-0.2, 0) is 28.7 Å². The van der Waals surface area contributed by atoms with Gasteiger partial charge in [0.25, 0.3) is 17.7 Å². The van der Waals surface area contributed by atoms with Crippen molar-refractivity contribution in [3.63, 3.8) is 0 Å². The van der Waals surface area contributed by atoms with Crippen LogP contribution >= 0.6 is 0 Å². The van der Waals surface area contributed by atoms with Crippen molar-refractivity contribution >= 4 is 35.5 Å². The topological polar surface area (TPSA) is 218 Å². The number of aliphatic carboxylic acids is 1. The van der Waals surface area contributed by atoms with Crippen molar-refractivity contribution in [2.75, 3.05) is 33.0 Å². The number of alkyl halides is 3. The van der Waals surface area contributed by atoms with E-state index < -0.39 is 53.8 Å². The number of piperidine rings is 1. The third kappa shape index (κ3) is 8.45. The number of amides is 5. The van der Waals surface area contributed by atoms with Gasteiger partial charge in [0.15, 0.2) is 6.10 Å². The molecule has 40 heavy (non-hydrogen) atoms. The van der Waals surface area contributed by atoms with E-state index in [-0.39, 0.29) is 42.7 Å². The predicted molar refractivity (Wildman–Crippen MR) is 126 cm³/mol. The molecule has 0 saturated carbocycles. The SMILES string of the molecule is NCCOCCOCCC(Oc1cccc2c1C(=O)N(C1CCC(=O)NC1=O)C2=O)C(N)=O.O=C(O)C(F)(F)F. The minimum atomic E-state index is -5.08. The fourth-order valence-electron chi connectivity index (χ4n) is 3.59. The summed E-state index contributed by atoms with van der Waals surface area (Å²) in [6.45, 7) is 1.60. The Hall–Kier alpha value is -4.09. The van der Waals surface area contributed by atoms with Crippen molar-refractivity contribution in [2.24, 2.45) is 11.5 Å². The largest absolute Gasteiger partial charge is 0.490 e. The van der Waals surface area contributed by atoms with Crippen LogP contribution in [0.1, 0.15) is 40.0 Å². The van der Waals surface area contributed by atoms with E-state index in [1.165, 1.54) is 18.2 Å². The first-order valence-electron chi connectivity index (χ1n) is 11.8. The molecule has 0 aromatic heterocycles. The zero-order chi connectivity index (χ0) is 30.0. The van der Waals surface area contributed by atoms with Crippen LogP contribution in [0, 0.1) is 0 Å². The number of nitrogens with two attached hydrogens (primary N) is 2. The molecule has 3 rings (SSSR count). The van der Waals surface area contributed by atoms with E-state index in [9.17, 15) is 37.1 Å². The van der Waals surface area contributed by atoms with Gasteiger partial charge in [-0.2, -0.15) is 13.2 Å². The Bertz CT molecular complexity index is 1140. The Morgan fingerprint density at radius 3 is 2.25 bits per heavy atom. The minimum Gasteiger partial charge on any atom is -0.480 e. The molecule has 0 aliphatic carbocycles. The highest BCUT2D eigenvalue weighted by Crippen LogP contribution is 2.34. The number of benzene rings is 1. The molecule has 0 radical (unpaired) electrons. The molecule has 2 unspecified atom stereocenters. The van der Waals surface area contributed by atoms with Gasteiger partial charge in [0.2, 0.25) is 11.8 Å². The first-order chi connectivity index (χ1) is 18.8. The molecular formula is C23H27F3N4O10. The molecule has 1 aromatic carbocycles. The van der Waals surface area contributed by atoms with Gasteiger partial charge < -0.3 is 30.8 Å². The quantitative estimate of drug-likeness (QED) is 0.181. The number of hydrogen-bond acceptors (Lipinski definition) is 10. The van der Waals surface area contributed by atoms with Crippen molar-refractivity contribution in [3.05, 3.63) is 29.3 Å². The molecule has 5 amide bonds. The molecule has 2 aliphatic heterocycles. The average Bonchev–Trinajstić information content (AvgIpc) is 3.13. The maximum Gasteiger partial charge on any atom is 0.490 e. The summed E-state index contributed by atoms with van der Waals surface area (Å²) >= 11 is 0. The summed E-state index contributed by atoms with van der Waals surface area (Å²) < 4.78 is 48.0. The molecular weight excluding hydrogens is 549 g/mol. The molecule has 1 fully saturated rings. The summed E-state index contributed by atoms with van der Waals surface area (Å²) in [4.78, 5) is 71.2. The molecule has 2 aliphatic rings. The zero-order valence-corrected chi connectivity index (χ0v) is 20.9. The number of imide groups is 2. The number of ether oxygens (including phenoxy) is 3. The molecule has 14 nitrogen and oxygen atoms in total. The minimum absolute atomic E-state index is 0.00396. The molecule has 220 valence electrons. The third-order valence-corrected chi connectivity index (χ3v) is 5.42. The van der Waals surface area contributed by atoms with Gasteiger partial charge in [-0.1, -0.05) is 6.07 Å². The van der Waals surface area contributed by atoms with Crippen LogP contribution in [0.15, 0.2) is 18.2 Å². The summed E-state index contributed by atoms with van der Waals surface area (Å²) in [6, 6.07) is 3.26. The number of rotatable bonds is 12. The molecule has 1 aromatic rings. The van der Waals surface area contributed by atoms with Gasteiger partial charge in [0, 0.05) is 19.4 Å². The number of carboxylic acids is 1. The Balaban J connectivity index is 0.000000708. The molecule has 6 N–H and O–H groups in total. The number of carboxylic acid groups (broad SMARTS) is 1. The standard InChI is InChI=1S/C21H26N4O8.C2HF3O2/c22-7-9-32-11-10-31-8-6-15(18(23)27)33-14-3-1-2-12-17(14)21(30)25(20(12)29)13-4-5-16(26)24-19(13)28;3-2(4,5)1(6)7/h1-3,13,15H,4-11,22H2,(H2,23,27)(H,24,26,28);(H,6,7). The number of hydrogen-bond donors (Lipinski definition) is 4. The highest BCUT2D eigenvalue weighted by molar-refractivity contribution is 6.24. The molecule has 1 saturated heterocycles. The van der Waals surface area contributed by atoms with Crippen LogP contribution in [0.4, 0.5) is 13.2 Å². The van der Waals surface area contributed by atoms with E-state index in [0.29, 0.717) is 26.4 Å². The van der Waals surface area contributed by atoms with Crippen molar-refractivity contribution < 1.29 is 61.3 Å². The lowest BCUT2D eigenvalue weighted by molar-refractivity contribution is -0.192. The maximum absolute atomic E-state index is 13.1. The fraction of sp³-hybridized carbons (Fsp3) is 0.478. The van der Waals surface area contributed by atoms with E-state index in [2.05, 4.69) is 5.32 Å². The summed E-state index contributed by atoms with van der Waals surface area (Å²) in [5.41, 5.74) is 10.7. The van der Waals surface area contributed by atoms with Gasteiger partial charge in [0.1, 0.15) is 11.8 Å². The van der Waals surface area contributed by atoms with Crippen LogP contribution < -0.4 is 21.5 Å². The van der Waals surface area contributed by atoms with Gasteiger partial charge in [-0.3, -0.25) is 34.2 Å². The maximum atomic E-state index is 13.1. The smallest absolute Gasteiger partial charge is 0.480 e. The summed E-state index contributed by atoms with van der Waals surface area (Å²) in [5, 5.41) is 9.26. The van der Waals surface area contributed by atoms with E-state index >= 15 is 0 Å². The van der Waals surface area contributed by atoms with Gasteiger partial charge in [-0.05, 0) is 18.6 Å². The van der Waals surface area contributed by atoms with Gasteiger partial charge >= 0.3 is 12.1 Å². The second-order valence-electron chi connectivity index (χ2n) is 8.24. The summed E-state index contributed by atoms with van der Waals surface area (Å²) in [7, 11) is 0. The van der Waals surface area contributed by atoms with Crippen LogP contribution in [0.25, 0.3) is 0 Å². The number of fused-ring (bicyclic) bond motifs is 1. The van der Waals surface area contributed by atoms with Gasteiger partial charge in [-0.25, -0.2) is 4.79 Å². The molecule has 0 bridgehead atoms. The lowest BCUT2D eigenvalue weighted by Gasteiger charge is -2.27. The van der Waals surface area contributed by atoms with E-state index in [4.69, 9.17) is 35.6 Å². The molecule has 17 heteroatoms. The van der Waals surface area contributed by atoms with E-state index in [1.807, 2.05) is 0 Å². The van der Waals surface area contributed by atoms with Gasteiger partial charge in [-0.15, -0.1) is 0 Å². The second kappa shape index (κ2) is 14.3. The van der Waals surface area contributed by atoms with Crippen molar-refractivity contribution in [2.45, 2.75) is 37.6 Å². The lowest BCUT2D eigenvalue weighted by Crippen LogP contribution is -2.54. The summed E-state index contributed by atoms with van der Waals surface area (Å²) in [5.74, 6) is -6.12. The van der Waals surface area contributed by atoms with Crippen molar-refractivity contribution in [3.8, 4) is 5.75 Å². The Kier molecular flexibility index (Phi) is 11.5. The second-order valence-corrected chi connectivity index (χ2v) is 8.24. The molecule has 0 spiro atoms. The van der Waals surface area contributed by atoms with Crippen LogP contribution in [0.5, 0.6) is 5.75 Å². The first-order valence-corrected chi connectivity index (χ1v) is 11.8. The predicted octanol–water partition coefficient (Wildman–Crippen LogP) is -0.664. The van der Waals surface area contributed by atoms with Crippen LogP contribution in [0.3, 0.4) is 0 Å². The fourth-order valence-corrected chi connectivity index (χ4v) is 3.59. The van der Waals surface area contributed by atoms with Crippen molar-refractivity contribution in [1.82, 2.24) is 10.2 Å². The third-order valence-electron chi connectivity index (χ3n) is 5.42. The number of carbonyl (C=O) groups is 6. The average molecular weight is 576 g/mol. The number of nitrogens with zero attached hydrogens (tertiary/aromatic N) is 1. The highest BCUT2D eigenvalue weighted by atomic mass is 19.4. The van der Waals surface area contributed by atoms with E-state index in [0.717, 1.165) is 4.90 Å². The zero-order valence-electron chi connectivity index (χ0n) is 20.9.